The van der Waals surface area contributed by atoms with Gasteiger partial charge in [0.15, 0.2) is 5.82 Å². The lowest BCUT2D eigenvalue weighted by Gasteiger charge is -2.18. The van der Waals surface area contributed by atoms with Crippen LogP contribution in [0.1, 0.15) is 31.3 Å². The molecule has 0 amide bonds. The summed E-state index contributed by atoms with van der Waals surface area (Å²) < 4.78 is 0. The van der Waals surface area contributed by atoms with Crippen molar-refractivity contribution in [3.63, 3.8) is 0 Å². The fourth-order valence-corrected chi connectivity index (χ4v) is 2.32. The molecule has 2 N–H and O–H groups in total. The third-order valence-electron chi connectivity index (χ3n) is 2.48. The molecule has 0 aromatic carbocycles. The Morgan fingerprint density at radius 2 is 1.88 bits per heavy atom. The number of anilines is 1. The van der Waals surface area contributed by atoms with E-state index >= 15 is 0 Å². The van der Waals surface area contributed by atoms with E-state index in [1.54, 1.807) is 11.3 Å². The molecule has 0 aliphatic rings. The van der Waals surface area contributed by atoms with Crippen molar-refractivity contribution in [2.45, 2.75) is 33.1 Å². The maximum atomic E-state index is 5.85. The SMILES string of the molecule is Cc1ccc(-c2nc(N)cc(C(C)(C)C)n2)s1. The third kappa shape index (κ3) is 2.64. The monoisotopic (exact) mass is 247 g/mol. The topological polar surface area (TPSA) is 51.8 Å². The fourth-order valence-electron chi connectivity index (χ4n) is 1.52. The molecule has 0 fully saturated rings. The molecule has 0 aliphatic carbocycles. The quantitative estimate of drug-likeness (QED) is 0.840. The van der Waals surface area contributed by atoms with Crippen LogP contribution in [0, 0.1) is 6.92 Å². The fraction of sp³-hybridized carbons (Fsp3) is 0.385. The van der Waals surface area contributed by atoms with Crippen LogP contribution in [0.3, 0.4) is 0 Å². The molecule has 0 atom stereocenters. The number of aryl methyl sites for hydroxylation is 1. The number of hydrogen-bond acceptors (Lipinski definition) is 4. The van der Waals surface area contributed by atoms with Gasteiger partial charge in [0.05, 0.1) is 10.6 Å². The normalized spacial score (nSPS) is 11.8. The van der Waals surface area contributed by atoms with Crippen LogP contribution in [0.25, 0.3) is 10.7 Å². The Kier molecular flexibility index (Phi) is 2.91. The molecular weight excluding hydrogens is 230 g/mol. The van der Waals surface area contributed by atoms with Gasteiger partial charge < -0.3 is 5.73 Å². The lowest BCUT2D eigenvalue weighted by molar-refractivity contribution is 0.568. The van der Waals surface area contributed by atoms with E-state index in [2.05, 4.69) is 43.7 Å². The number of rotatable bonds is 1. The van der Waals surface area contributed by atoms with Gasteiger partial charge in [0.25, 0.3) is 0 Å². The van der Waals surface area contributed by atoms with Crippen molar-refractivity contribution in [1.82, 2.24) is 9.97 Å². The first kappa shape index (κ1) is 12.0. The van der Waals surface area contributed by atoms with Crippen molar-refractivity contribution in [3.8, 4) is 10.7 Å². The molecule has 2 aromatic heterocycles. The van der Waals surface area contributed by atoms with Crippen LogP contribution in [0.15, 0.2) is 18.2 Å². The van der Waals surface area contributed by atoms with E-state index in [-0.39, 0.29) is 5.41 Å². The second-order valence-electron chi connectivity index (χ2n) is 5.16. The van der Waals surface area contributed by atoms with Crippen molar-refractivity contribution in [3.05, 3.63) is 28.8 Å². The van der Waals surface area contributed by atoms with Gasteiger partial charge in [0.2, 0.25) is 0 Å². The molecule has 0 saturated carbocycles. The average Bonchev–Trinajstić information content (AvgIpc) is 2.62. The zero-order valence-corrected chi connectivity index (χ0v) is 11.4. The lowest BCUT2D eigenvalue weighted by Crippen LogP contribution is -2.15. The van der Waals surface area contributed by atoms with Crippen LogP contribution in [0.2, 0.25) is 0 Å². The Morgan fingerprint density at radius 1 is 1.18 bits per heavy atom. The maximum Gasteiger partial charge on any atom is 0.171 e. The number of aromatic nitrogens is 2. The number of nitrogens with zero attached hydrogens (tertiary/aromatic N) is 2. The van der Waals surface area contributed by atoms with Gasteiger partial charge in [0.1, 0.15) is 5.82 Å². The smallest absolute Gasteiger partial charge is 0.171 e. The molecule has 90 valence electrons. The first-order valence-electron chi connectivity index (χ1n) is 5.58. The number of nitrogens with two attached hydrogens (primary N) is 1. The van der Waals surface area contributed by atoms with Crippen LogP contribution < -0.4 is 5.73 Å². The molecule has 2 heterocycles. The molecule has 0 radical (unpaired) electrons. The van der Waals surface area contributed by atoms with E-state index in [4.69, 9.17) is 5.73 Å². The number of thiophene rings is 1. The minimum atomic E-state index is -0.0158. The molecule has 17 heavy (non-hydrogen) atoms. The van der Waals surface area contributed by atoms with Crippen LogP contribution in [-0.2, 0) is 5.41 Å². The standard InChI is InChI=1S/C13H17N3S/c1-8-5-6-9(17-8)12-15-10(13(2,3)4)7-11(14)16-12/h5-7H,1-4H3,(H2,14,15,16). The summed E-state index contributed by atoms with van der Waals surface area (Å²) in [5.41, 5.74) is 6.82. The zero-order valence-electron chi connectivity index (χ0n) is 10.6. The van der Waals surface area contributed by atoms with Crippen molar-refractivity contribution >= 4 is 17.2 Å². The third-order valence-corrected chi connectivity index (χ3v) is 3.47. The van der Waals surface area contributed by atoms with Gasteiger partial charge >= 0.3 is 0 Å². The average molecular weight is 247 g/mol. The highest BCUT2D eigenvalue weighted by Crippen LogP contribution is 2.28. The van der Waals surface area contributed by atoms with Gasteiger partial charge in [-0.25, -0.2) is 9.97 Å². The predicted octanol–water partition coefficient (Wildman–Crippen LogP) is 3.39. The summed E-state index contributed by atoms with van der Waals surface area (Å²) in [7, 11) is 0. The molecule has 0 aliphatic heterocycles. The summed E-state index contributed by atoms with van der Waals surface area (Å²) in [4.78, 5) is 11.2. The van der Waals surface area contributed by atoms with Crippen molar-refractivity contribution < 1.29 is 0 Å². The van der Waals surface area contributed by atoms with Crippen LogP contribution >= 0.6 is 11.3 Å². The molecule has 3 nitrogen and oxygen atoms in total. The highest BCUT2D eigenvalue weighted by atomic mass is 32.1. The van der Waals surface area contributed by atoms with Gasteiger partial charge in [-0.2, -0.15) is 0 Å². The van der Waals surface area contributed by atoms with Crippen LogP contribution in [0.5, 0.6) is 0 Å². The molecule has 0 spiro atoms. The van der Waals surface area contributed by atoms with Crippen molar-refractivity contribution in [2.75, 3.05) is 5.73 Å². The predicted molar refractivity (Wildman–Crippen MR) is 73.2 cm³/mol. The van der Waals surface area contributed by atoms with Crippen molar-refractivity contribution in [1.29, 1.82) is 0 Å². The van der Waals surface area contributed by atoms with E-state index in [0.717, 1.165) is 16.4 Å². The number of hydrogen-bond donors (Lipinski definition) is 1. The molecular formula is C13H17N3S. The molecule has 4 heteroatoms. The highest BCUT2D eigenvalue weighted by molar-refractivity contribution is 7.15. The highest BCUT2D eigenvalue weighted by Gasteiger charge is 2.18. The van der Waals surface area contributed by atoms with E-state index in [0.29, 0.717) is 5.82 Å². The Morgan fingerprint density at radius 3 is 2.41 bits per heavy atom. The summed E-state index contributed by atoms with van der Waals surface area (Å²) in [6.45, 7) is 8.44. The first-order chi connectivity index (χ1) is 7.86. The van der Waals surface area contributed by atoms with Gasteiger partial charge in [0, 0.05) is 16.4 Å². The molecule has 2 aromatic rings. The lowest BCUT2D eigenvalue weighted by atomic mass is 9.92. The maximum absolute atomic E-state index is 5.85. The minimum absolute atomic E-state index is 0.0158. The summed E-state index contributed by atoms with van der Waals surface area (Å²) in [5.74, 6) is 1.26. The second-order valence-corrected chi connectivity index (χ2v) is 6.45. The molecule has 0 bridgehead atoms. The van der Waals surface area contributed by atoms with E-state index in [1.165, 1.54) is 4.88 Å². The summed E-state index contributed by atoms with van der Waals surface area (Å²) in [6.07, 6.45) is 0. The zero-order chi connectivity index (χ0) is 12.6. The summed E-state index contributed by atoms with van der Waals surface area (Å²) in [6, 6.07) is 5.97. The molecule has 2 rings (SSSR count). The first-order valence-corrected chi connectivity index (χ1v) is 6.40. The Labute approximate surface area is 106 Å². The number of nitrogen functional groups attached to an aromatic ring is 1. The largest absolute Gasteiger partial charge is 0.384 e. The van der Waals surface area contributed by atoms with Crippen molar-refractivity contribution in [2.24, 2.45) is 0 Å². The van der Waals surface area contributed by atoms with E-state index < -0.39 is 0 Å². The van der Waals surface area contributed by atoms with Gasteiger partial charge in [-0.3, -0.25) is 0 Å². The van der Waals surface area contributed by atoms with Crippen LogP contribution in [-0.4, -0.2) is 9.97 Å². The summed E-state index contributed by atoms with van der Waals surface area (Å²) in [5, 5.41) is 0. The van der Waals surface area contributed by atoms with E-state index in [9.17, 15) is 0 Å². The van der Waals surface area contributed by atoms with Gasteiger partial charge in [-0.1, -0.05) is 20.8 Å². The second kappa shape index (κ2) is 4.11. The summed E-state index contributed by atoms with van der Waals surface area (Å²) >= 11 is 1.69. The molecule has 0 saturated heterocycles. The van der Waals surface area contributed by atoms with Gasteiger partial charge in [-0.15, -0.1) is 11.3 Å². The Bertz CT molecular complexity index is 538. The Hall–Kier alpha value is -1.42. The van der Waals surface area contributed by atoms with Crippen LogP contribution in [0.4, 0.5) is 5.82 Å². The minimum Gasteiger partial charge on any atom is -0.384 e. The van der Waals surface area contributed by atoms with Gasteiger partial charge in [-0.05, 0) is 19.1 Å². The Balaban J connectivity index is 2.52. The molecule has 0 unspecified atom stereocenters. The van der Waals surface area contributed by atoms with E-state index in [1.807, 2.05) is 12.1 Å².